The third-order valence-corrected chi connectivity index (χ3v) is 3.06. The minimum atomic E-state index is 0.398. The summed E-state index contributed by atoms with van der Waals surface area (Å²) in [5, 5.41) is 0. The molecule has 0 atom stereocenters. The fourth-order valence-electron chi connectivity index (χ4n) is 1.57. The van der Waals surface area contributed by atoms with Gasteiger partial charge in [0.1, 0.15) is 0 Å². The second kappa shape index (κ2) is 3.75. The first-order chi connectivity index (χ1) is 5.60. The van der Waals surface area contributed by atoms with Crippen LogP contribution < -0.4 is 5.73 Å². The Balaban J connectivity index is 2.23. The quantitative estimate of drug-likeness (QED) is 0.677. The highest BCUT2D eigenvalue weighted by Crippen LogP contribution is 2.39. The van der Waals surface area contributed by atoms with Crippen molar-refractivity contribution in [2.45, 2.75) is 38.6 Å². The molecule has 0 aromatic carbocycles. The summed E-state index contributed by atoms with van der Waals surface area (Å²) in [5.74, 6) is 0.807. The van der Waals surface area contributed by atoms with E-state index in [0.717, 1.165) is 12.5 Å². The van der Waals surface area contributed by atoms with Crippen LogP contribution in [0.3, 0.4) is 0 Å². The van der Waals surface area contributed by atoms with Crippen LogP contribution in [0.25, 0.3) is 0 Å². The Bertz CT molecular complexity index is 139. The second-order valence-electron chi connectivity index (χ2n) is 4.53. The molecule has 0 heterocycles. The van der Waals surface area contributed by atoms with Crippen LogP contribution in [0.2, 0.25) is 0 Å². The summed E-state index contributed by atoms with van der Waals surface area (Å²) in [6.45, 7) is 6.59. The van der Waals surface area contributed by atoms with Crippen molar-refractivity contribution in [3.8, 4) is 0 Å². The molecule has 2 nitrogen and oxygen atoms in total. The molecule has 1 aliphatic rings. The lowest BCUT2D eigenvalue weighted by atomic mass is 10.1. The fraction of sp³-hybridized carbons (Fsp3) is 1.00. The molecule has 2 heteroatoms. The third kappa shape index (κ3) is 2.20. The van der Waals surface area contributed by atoms with Gasteiger partial charge in [0.15, 0.2) is 0 Å². The molecule has 12 heavy (non-hydrogen) atoms. The Labute approximate surface area is 76.1 Å². The maximum absolute atomic E-state index is 5.73. The van der Waals surface area contributed by atoms with Crippen LogP contribution in [0.5, 0.6) is 0 Å². The maximum Gasteiger partial charge on any atom is 0.0330 e. The summed E-state index contributed by atoms with van der Waals surface area (Å²) in [5.41, 5.74) is 6.13. The normalized spacial score (nSPS) is 20.5. The number of nitrogens with zero attached hydrogens (tertiary/aromatic N) is 1. The van der Waals surface area contributed by atoms with E-state index in [1.54, 1.807) is 0 Å². The average Bonchev–Trinajstić information content (AvgIpc) is 2.80. The summed E-state index contributed by atoms with van der Waals surface area (Å²) >= 11 is 0. The molecule has 0 aromatic rings. The third-order valence-electron chi connectivity index (χ3n) is 3.06. The molecule has 1 fully saturated rings. The highest BCUT2D eigenvalue weighted by atomic mass is 15.2. The molecule has 0 aromatic heterocycles. The monoisotopic (exact) mass is 170 g/mol. The van der Waals surface area contributed by atoms with Crippen molar-refractivity contribution in [2.75, 3.05) is 20.1 Å². The number of hydrogen-bond acceptors (Lipinski definition) is 2. The maximum atomic E-state index is 5.73. The number of likely N-dealkylation sites (N-methyl/N-ethyl adjacent to an activating group) is 1. The van der Waals surface area contributed by atoms with Crippen molar-refractivity contribution in [1.82, 2.24) is 4.90 Å². The second-order valence-corrected chi connectivity index (χ2v) is 4.53. The number of rotatable bonds is 5. The molecule has 0 aliphatic heterocycles. The molecular weight excluding hydrogens is 148 g/mol. The van der Waals surface area contributed by atoms with E-state index in [0.29, 0.717) is 5.54 Å². The van der Waals surface area contributed by atoms with Crippen LogP contribution in [0, 0.1) is 5.92 Å². The molecule has 0 unspecified atom stereocenters. The van der Waals surface area contributed by atoms with Crippen molar-refractivity contribution in [3.05, 3.63) is 0 Å². The molecule has 1 rings (SSSR count). The van der Waals surface area contributed by atoms with Gasteiger partial charge in [-0.15, -0.1) is 0 Å². The molecule has 0 amide bonds. The van der Waals surface area contributed by atoms with Crippen molar-refractivity contribution in [3.63, 3.8) is 0 Å². The molecule has 1 saturated carbocycles. The van der Waals surface area contributed by atoms with Crippen LogP contribution in [0.15, 0.2) is 0 Å². The van der Waals surface area contributed by atoms with Crippen molar-refractivity contribution in [2.24, 2.45) is 11.7 Å². The van der Waals surface area contributed by atoms with Gasteiger partial charge in [0.05, 0.1) is 0 Å². The van der Waals surface area contributed by atoms with Crippen LogP contribution in [0.4, 0.5) is 0 Å². The zero-order valence-electron chi connectivity index (χ0n) is 8.64. The van der Waals surface area contributed by atoms with E-state index >= 15 is 0 Å². The van der Waals surface area contributed by atoms with E-state index < -0.39 is 0 Å². The molecule has 0 spiro atoms. The number of nitrogens with two attached hydrogens (primary N) is 1. The molecule has 0 saturated heterocycles. The zero-order valence-corrected chi connectivity index (χ0v) is 8.64. The molecule has 1 aliphatic carbocycles. The molecule has 0 radical (unpaired) electrons. The topological polar surface area (TPSA) is 29.3 Å². The first-order valence-electron chi connectivity index (χ1n) is 5.02. The van der Waals surface area contributed by atoms with E-state index in [2.05, 4.69) is 25.8 Å². The highest BCUT2D eigenvalue weighted by Gasteiger charge is 2.44. The Morgan fingerprint density at radius 1 is 1.42 bits per heavy atom. The summed E-state index contributed by atoms with van der Waals surface area (Å²) in [6, 6.07) is 0. The highest BCUT2D eigenvalue weighted by molar-refractivity contribution is 5.03. The Morgan fingerprint density at radius 3 is 2.33 bits per heavy atom. The van der Waals surface area contributed by atoms with Gasteiger partial charge < -0.3 is 5.73 Å². The van der Waals surface area contributed by atoms with Gasteiger partial charge in [-0.3, -0.25) is 4.90 Å². The van der Waals surface area contributed by atoms with Gasteiger partial charge in [0.2, 0.25) is 0 Å². The van der Waals surface area contributed by atoms with Crippen LogP contribution >= 0.6 is 0 Å². The van der Waals surface area contributed by atoms with Crippen LogP contribution in [-0.4, -0.2) is 30.6 Å². The predicted octanol–water partition coefficient (Wildman–Crippen LogP) is 1.46. The van der Waals surface area contributed by atoms with E-state index in [1.807, 2.05) is 0 Å². The molecule has 72 valence electrons. The van der Waals surface area contributed by atoms with Gasteiger partial charge in [-0.2, -0.15) is 0 Å². The van der Waals surface area contributed by atoms with Gasteiger partial charge >= 0.3 is 0 Å². The van der Waals surface area contributed by atoms with E-state index in [4.69, 9.17) is 5.73 Å². The van der Waals surface area contributed by atoms with Gasteiger partial charge in [-0.05, 0) is 38.8 Å². The minimum Gasteiger partial charge on any atom is -0.329 e. The largest absolute Gasteiger partial charge is 0.329 e. The van der Waals surface area contributed by atoms with Crippen molar-refractivity contribution in [1.29, 1.82) is 0 Å². The summed E-state index contributed by atoms with van der Waals surface area (Å²) < 4.78 is 0. The lowest BCUT2D eigenvalue weighted by molar-refractivity contribution is 0.215. The Hall–Kier alpha value is -0.0800. The van der Waals surface area contributed by atoms with Gasteiger partial charge in [-0.1, -0.05) is 13.8 Å². The van der Waals surface area contributed by atoms with E-state index in [1.165, 1.54) is 25.8 Å². The van der Waals surface area contributed by atoms with Crippen molar-refractivity contribution >= 4 is 0 Å². The lowest BCUT2D eigenvalue weighted by Crippen LogP contribution is -2.40. The van der Waals surface area contributed by atoms with Crippen LogP contribution in [0.1, 0.15) is 33.1 Å². The fourth-order valence-corrected chi connectivity index (χ4v) is 1.57. The average molecular weight is 170 g/mol. The van der Waals surface area contributed by atoms with E-state index in [-0.39, 0.29) is 0 Å². The first kappa shape index (κ1) is 10.0. The Kier molecular flexibility index (Phi) is 3.13. The number of hydrogen-bond donors (Lipinski definition) is 1. The summed E-state index contributed by atoms with van der Waals surface area (Å²) in [7, 11) is 2.21. The minimum absolute atomic E-state index is 0.398. The van der Waals surface area contributed by atoms with Crippen LogP contribution in [-0.2, 0) is 0 Å². The molecule has 2 N–H and O–H groups in total. The van der Waals surface area contributed by atoms with E-state index in [9.17, 15) is 0 Å². The van der Waals surface area contributed by atoms with Gasteiger partial charge in [0.25, 0.3) is 0 Å². The SMILES string of the molecule is CC(C)CCN(C)C1(CN)CC1. The van der Waals surface area contributed by atoms with Crippen molar-refractivity contribution < 1.29 is 0 Å². The Morgan fingerprint density at radius 2 is 2.00 bits per heavy atom. The lowest BCUT2D eigenvalue weighted by Gasteiger charge is -2.27. The smallest absolute Gasteiger partial charge is 0.0330 e. The first-order valence-corrected chi connectivity index (χ1v) is 5.02. The molecular formula is C10H22N2. The summed E-state index contributed by atoms with van der Waals surface area (Å²) in [6.07, 6.45) is 3.90. The molecule has 0 bridgehead atoms. The standard InChI is InChI=1S/C10H22N2/c1-9(2)4-7-12(3)10(8-11)5-6-10/h9H,4-8,11H2,1-3H3. The van der Waals surface area contributed by atoms with Gasteiger partial charge in [0, 0.05) is 12.1 Å². The zero-order chi connectivity index (χ0) is 9.19. The predicted molar refractivity (Wildman–Crippen MR) is 53.1 cm³/mol. The summed E-state index contributed by atoms with van der Waals surface area (Å²) in [4.78, 5) is 2.45. The van der Waals surface area contributed by atoms with Gasteiger partial charge in [-0.25, -0.2) is 0 Å².